The van der Waals surface area contributed by atoms with E-state index in [2.05, 4.69) is 4.99 Å². The van der Waals surface area contributed by atoms with Crippen LogP contribution in [0.2, 0.25) is 0 Å². The molecule has 0 saturated carbocycles. The summed E-state index contributed by atoms with van der Waals surface area (Å²) in [6.07, 6.45) is 4.22. The second-order valence-corrected chi connectivity index (χ2v) is 8.01. The number of hydrogen-bond acceptors (Lipinski definition) is 5. The molecular formula is C23H24N3O3P. The number of aliphatic imine (C=N–C) groups is 1. The van der Waals surface area contributed by atoms with Crippen LogP contribution in [0.1, 0.15) is 35.2 Å². The van der Waals surface area contributed by atoms with Crippen LogP contribution in [0, 0.1) is 0 Å². The van der Waals surface area contributed by atoms with Crippen molar-refractivity contribution in [2.75, 3.05) is 19.8 Å². The second-order valence-electron chi connectivity index (χ2n) is 7.39. The number of nitrogens with zero attached hydrogens (tertiary/aromatic N) is 2. The number of fused-ring (bicyclic) bond motifs is 1. The standard InChI is InChI=1S/C23H24N3O3P/c1-30-29-23(28)19-13-18-12-17(8-9-20(18)25-21(24)14-19)15-4-6-16(7-5-15)22(27)26-10-2-3-11-26/h4-9,12-13,30H,2-3,10-11,14H2,1H3,(H2,24,25). The lowest BCUT2D eigenvalue weighted by molar-refractivity contribution is -0.129. The minimum atomic E-state index is -0.364. The van der Waals surface area contributed by atoms with E-state index in [9.17, 15) is 9.59 Å². The summed E-state index contributed by atoms with van der Waals surface area (Å²) in [6, 6.07) is 13.5. The van der Waals surface area contributed by atoms with E-state index in [0.717, 1.165) is 48.3 Å². The van der Waals surface area contributed by atoms with Crippen molar-refractivity contribution in [2.45, 2.75) is 19.3 Å². The molecule has 4 rings (SSSR count). The molecule has 1 fully saturated rings. The van der Waals surface area contributed by atoms with E-state index < -0.39 is 0 Å². The Morgan fingerprint density at radius 1 is 1.07 bits per heavy atom. The molecule has 1 unspecified atom stereocenters. The summed E-state index contributed by atoms with van der Waals surface area (Å²) in [7, 11) is 0.0764. The van der Waals surface area contributed by atoms with Crippen LogP contribution in [0.4, 0.5) is 5.69 Å². The predicted octanol–water partition coefficient (Wildman–Crippen LogP) is 4.13. The number of carbonyl (C=O) groups excluding carboxylic acids is 2. The molecule has 0 radical (unpaired) electrons. The molecule has 2 aromatic rings. The zero-order chi connectivity index (χ0) is 21.1. The third-order valence-electron chi connectivity index (χ3n) is 5.31. The molecule has 30 heavy (non-hydrogen) atoms. The Hall–Kier alpha value is -2.98. The molecular weight excluding hydrogens is 397 g/mol. The molecule has 2 heterocycles. The maximum absolute atomic E-state index is 12.6. The second kappa shape index (κ2) is 8.80. The number of carbonyl (C=O) groups is 2. The lowest BCUT2D eigenvalue weighted by atomic mass is 9.99. The molecule has 1 atom stereocenters. The lowest BCUT2D eigenvalue weighted by Gasteiger charge is -2.15. The quantitative estimate of drug-likeness (QED) is 0.753. The largest absolute Gasteiger partial charge is 0.445 e. The number of rotatable bonds is 4. The van der Waals surface area contributed by atoms with Crippen molar-refractivity contribution >= 4 is 38.3 Å². The SMILES string of the molecule is CPOC(=O)C1=Cc2cc(-c3ccc(C(=O)N4CCCC4)cc3)ccc2N=C(N)C1. The lowest BCUT2D eigenvalue weighted by Crippen LogP contribution is -2.27. The van der Waals surface area contributed by atoms with Gasteiger partial charge in [0.2, 0.25) is 0 Å². The molecule has 6 nitrogen and oxygen atoms in total. The van der Waals surface area contributed by atoms with Crippen LogP contribution < -0.4 is 5.73 Å². The number of likely N-dealkylation sites (tertiary alicyclic amines) is 1. The number of benzene rings is 2. The molecule has 2 aliphatic heterocycles. The molecule has 0 bridgehead atoms. The van der Waals surface area contributed by atoms with Crippen LogP contribution in [0.15, 0.2) is 53.0 Å². The van der Waals surface area contributed by atoms with Crippen LogP contribution in [0.25, 0.3) is 17.2 Å². The first-order valence-corrected chi connectivity index (χ1v) is 11.4. The number of hydrogen-bond donors (Lipinski definition) is 1. The summed E-state index contributed by atoms with van der Waals surface area (Å²) in [5.41, 5.74) is 10.7. The molecule has 0 aliphatic carbocycles. The highest BCUT2D eigenvalue weighted by Gasteiger charge is 2.20. The van der Waals surface area contributed by atoms with E-state index in [1.165, 1.54) is 0 Å². The van der Waals surface area contributed by atoms with Gasteiger partial charge in [-0.3, -0.25) is 4.79 Å². The summed E-state index contributed by atoms with van der Waals surface area (Å²) in [4.78, 5) is 31.1. The number of nitrogens with two attached hydrogens (primary N) is 1. The smallest absolute Gasteiger partial charge is 0.336 e. The van der Waals surface area contributed by atoms with Crippen LogP contribution >= 0.6 is 8.81 Å². The van der Waals surface area contributed by atoms with Crippen molar-refractivity contribution in [1.29, 1.82) is 0 Å². The summed E-state index contributed by atoms with van der Waals surface area (Å²) in [5, 5.41) is 0. The fourth-order valence-corrected chi connectivity index (χ4v) is 4.09. The van der Waals surface area contributed by atoms with Gasteiger partial charge in [0.15, 0.2) is 0 Å². The highest BCUT2D eigenvalue weighted by molar-refractivity contribution is 7.31. The van der Waals surface area contributed by atoms with E-state index >= 15 is 0 Å². The van der Waals surface area contributed by atoms with Crippen LogP contribution in [0.5, 0.6) is 0 Å². The van der Waals surface area contributed by atoms with Crippen molar-refractivity contribution in [1.82, 2.24) is 4.90 Å². The van der Waals surface area contributed by atoms with Gasteiger partial charge in [-0.05, 0) is 61.0 Å². The van der Waals surface area contributed by atoms with Gasteiger partial charge < -0.3 is 15.2 Å². The van der Waals surface area contributed by atoms with Gasteiger partial charge >= 0.3 is 5.97 Å². The van der Waals surface area contributed by atoms with Gasteiger partial charge in [-0.1, -0.05) is 18.2 Å². The van der Waals surface area contributed by atoms with Gasteiger partial charge in [-0.25, -0.2) is 9.79 Å². The summed E-state index contributed by atoms with van der Waals surface area (Å²) in [5.74, 6) is 0.111. The van der Waals surface area contributed by atoms with Gasteiger partial charge in [0, 0.05) is 36.2 Å². The Labute approximate surface area is 177 Å². The molecule has 0 spiro atoms. The topological polar surface area (TPSA) is 85.0 Å². The molecule has 1 amide bonds. The molecule has 2 aliphatic rings. The molecule has 154 valence electrons. The van der Waals surface area contributed by atoms with Crippen molar-refractivity contribution in [3.05, 3.63) is 59.2 Å². The average molecular weight is 421 g/mol. The van der Waals surface area contributed by atoms with Gasteiger partial charge in [0.1, 0.15) is 5.84 Å². The van der Waals surface area contributed by atoms with E-state index in [0.29, 0.717) is 17.0 Å². The fraction of sp³-hybridized carbons (Fsp3) is 0.261. The Morgan fingerprint density at radius 2 is 1.77 bits per heavy atom. The zero-order valence-corrected chi connectivity index (χ0v) is 17.9. The molecule has 7 heteroatoms. The molecule has 1 saturated heterocycles. The third kappa shape index (κ3) is 4.29. The van der Waals surface area contributed by atoms with Crippen molar-refractivity contribution in [3.8, 4) is 11.1 Å². The van der Waals surface area contributed by atoms with Crippen molar-refractivity contribution in [3.63, 3.8) is 0 Å². The maximum atomic E-state index is 12.6. The fourth-order valence-electron chi connectivity index (χ4n) is 3.78. The van der Waals surface area contributed by atoms with Crippen LogP contribution in [0.3, 0.4) is 0 Å². The van der Waals surface area contributed by atoms with Gasteiger partial charge in [0.05, 0.1) is 14.5 Å². The van der Waals surface area contributed by atoms with Gasteiger partial charge in [0.25, 0.3) is 5.91 Å². The van der Waals surface area contributed by atoms with Gasteiger partial charge in [-0.2, -0.15) is 0 Å². The monoisotopic (exact) mass is 421 g/mol. The van der Waals surface area contributed by atoms with E-state index in [4.69, 9.17) is 10.3 Å². The molecule has 2 N–H and O–H groups in total. The Bertz CT molecular complexity index is 1040. The minimum Gasteiger partial charge on any atom is -0.445 e. The summed E-state index contributed by atoms with van der Waals surface area (Å²) in [6.45, 7) is 3.48. The minimum absolute atomic E-state index is 0.0764. The highest BCUT2D eigenvalue weighted by atomic mass is 31.1. The number of amides is 1. The molecule has 2 aromatic carbocycles. The molecule has 0 aromatic heterocycles. The van der Waals surface area contributed by atoms with E-state index in [-0.39, 0.29) is 27.1 Å². The average Bonchev–Trinajstić information content (AvgIpc) is 3.23. The maximum Gasteiger partial charge on any atom is 0.336 e. The van der Waals surface area contributed by atoms with Crippen molar-refractivity contribution < 1.29 is 14.1 Å². The Balaban J connectivity index is 1.63. The zero-order valence-electron chi connectivity index (χ0n) is 16.9. The summed E-state index contributed by atoms with van der Waals surface area (Å²) >= 11 is 0. The van der Waals surface area contributed by atoms with Crippen LogP contribution in [-0.4, -0.2) is 42.4 Å². The Morgan fingerprint density at radius 3 is 2.47 bits per heavy atom. The first-order valence-electron chi connectivity index (χ1n) is 10.0. The summed E-state index contributed by atoms with van der Waals surface area (Å²) < 4.78 is 5.17. The first-order chi connectivity index (χ1) is 14.5. The third-order valence-corrected chi connectivity index (χ3v) is 5.70. The first kappa shape index (κ1) is 20.3. The van der Waals surface area contributed by atoms with Crippen LogP contribution in [-0.2, 0) is 9.32 Å². The van der Waals surface area contributed by atoms with E-state index in [1.807, 2.05) is 47.4 Å². The Kier molecular flexibility index (Phi) is 5.96. The predicted molar refractivity (Wildman–Crippen MR) is 121 cm³/mol. The highest BCUT2D eigenvalue weighted by Crippen LogP contribution is 2.32. The van der Waals surface area contributed by atoms with E-state index in [1.54, 1.807) is 12.7 Å². The normalized spacial score (nSPS) is 16.1. The van der Waals surface area contributed by atoms with Crippen molar-refractivity contribution in [2.24, 2.45) is 10.7 Å². The number of amidine groups is 1. The van der Waals surface area contributed by atoms with Gasteiger partial charge in [-0.15, -0.1) is 0 Å².